The van der Waals surface area contributed by atoms with Crippen LogP contribution in [0.4, 0.5) is 0 Å². The summed E-state index contributed by atoms with van der Waals surface area (Å²) in [5.74, 6) is 7.54. The molecule has 0 unspecified atom stereocenters. The standard InChI is InChI=1S/C11H12O/c12-11-8-4-2-5-7-3(4)1-6(8)9(7)10(5)11/h3-10H,1-2H2/t3-,4+,5-,6+,7-,8+,9-,10+/m0/s1. The number of hydrogen-bond donors (Lipinski definition) is 0. The smallest absolute Gasteiger partial charge is 0.140 e. The van der Waals surface area contributed by atoms with Crippen LogP contribution in [0, 0.1) is 47.3 Å². The number of carbonyl (C=O) groups excluding carboxylic acids is 1. The fraction of sp³-hybridized carbons (Fsp3) is 0.909. The van der Waals surface area contributed by atoms with Crippen molar-refractivity contribution in [2.24, 2.45) is 47.3 Å². The second-order valence-electron chi connectivity index (χ2n) is 5.74. The Hall–Kier alpha value is -0.330. The predicted molar refractivity (Wildman–Crippen MR) is 42.2 cm³/mol. The van der Waals surface area contributed by atoms with Gasteiger partial charge in [-0.15, -0.1) is 0 Å². The molecule has 1 heteroatoms. The molecule has 5 rings (SSSR count). The molecule has 5 fully saturated rings. The molecular formula is C11H12O. The zero-order valence-electron chi connectivity index (χ0n) is 6.94. The van der Waals surface area contributed by atoms with Crippen LogP contribution in [0.2, 0.25) is 0 Å². The normalized spacial score (nSPS) is 79.2. The van der Waals surface area contributed by atoms with Crippen molar-refractivity contribution in [2.75, 3.05) is 0 Å². The molecule has 0 heterocycles. The Bertz CT molecular complexity index is 315. The van der Waals surface area contributed by atoms with Crippen LogP contribution in [0.5, 0.6) is 0 Å². The van der Waals surface area contributed by atoms with Crippen molar-refractivity contribution in [2.45, 2.75) is 12.8 Å². The molecule has 8 atom stereocenters. The van der Waals surface area contributed by atoms with E-state index in [1.54, 1.807) is 0 Å². The molecule has 1 nitrogen and oxygen atoms in total. The first-order valence-corrected chi connectivity index (χ1v) is 5.41. The Kier molecular flexibility index (Phi) is 0.547. The number of carbonyl (C=O) groups is 1. The Morgan fingerprint density at radius 2 is 1.58 bits per heavy atom. The summed E-state index contributed by atoms with van der Waals surface area (Å²) in [6.45, 7) is 0. The molecular weight excluding hydrogens is 148 g/mol. The first-order valence-electron chi connectivity index (χ1n) is 5.41. The second kappa shape index (κ2) is 1.21. The Balaban J connectivity index is 1.91. The summed E-state index contributed by atoms with van der Waals surface area (Å²) >= 11 is 0. The lowest BCUT2D eigenvalue weighted by Gasteiger charge is -2.43. The minimum atomic E-state index is 0.583. The van der Waals surface area contributed by atoms with E-state index in [4.69, 9.17) is 0 Å². The zero-order chi connectivity index (χ0) is 7.61. The van der Waals surface area contributed by atoms with Crippen molar-refractivity contribution in [3.63, 3.8) is 0 Å². The molecule has 0 radical (unpaired) electrons. The van der Waals surface area contributed by atoms with Crippen LogP contribution in [0.25, 0.3) is 0 Å². The highest BCUT2D eigenvalue weighted by Gasteiger charge is 2.80. The molecule has 0 saturated heterocycles. The minimum Gasteiger partial charge on any atom is -0.299 e. The Labute approximate surface area is 71.5 Å². The van der Waals surface area contributed by atoms with Crippen molar-refractivity contribution >= 4 is 5.78 Å². The van der Waals surface area contributed by atoms with Gasteiger partial charge in [0, 0.05) is 11.8 Å². The van der Waals surface area contributed by atoms with E-state index < -0.39 is 0 Å². The summed E-state index contributed by atoms with van der Waals surface area (Å²) in [6, 6.07) is 0. The molecule has 5 aliphatic carbocycles. The van der Waals surface area contributed by atoms with Crippen LogP contribution < -0.4 is 0 Å². The molecule has 2 bridgehead atoms. The van der Waals surface area contributed by atoms with Gasteiger partial charge in [0.05, 0.1) is 0 Å². The molecule has 62 valence electrons. The second-order valence-corrected chi connectivity index (χ2v) is 5.74. The fourth-order valence-corrected chi connectivity index (χ4v) is 6.10. The van der Waals surface area contributed by atoms with E-state index in [1.807, 2.05) is 0 Å². The summed E-state index contributed by atoms with van der Waals surface area (Å²) in [7, 11) is 0. The molecule has 0 aromatic heterocycles. The average molecular weight is 160 g/mol. The molecule has 5 aliphatic rings. The molecule has 0 aromatic rings. The third-order valence-electron chi connectivity index (χ3n) is 6.02. The quantitative estimate of drug-likeness (QED) is 0.522. The van der Waals surface area contributed by atoms with Gasteiger partial charge in [0.25, 0.3) is 0 Å². The number of Topliss-reactive ketones (excluding diaryl/α,β-unsaturated/α-hetero) is 1. The summed E-state index contributed by atoms with van der Waals surface area (Å²) in [5.41, 5.74) is 0. The largest absolute Gasteiger partial charge is 0.299 e. The maximum absolute atomic E-state index is 11.9. The van der Waals surface area contributed by atoms with Crippen LogP contribution >= 0.6 is 0 Å². The number of fused-ring (bicyclic) bond motifs is 2. The maximum atomic E-state index is 11.9. The number of ketones is 1. The van der Waals surface area contributed by atoms with Crippen molar-refractivity contribution in [3.8, 4) is 0 Å². The summed E-state index contributed by atoms with van der Waals surface area (Å²) < 4.78 is 0. The van der Waals surface area contributed by atoms with Crippen LogP contribution in [0.1, 0.15) is 12.8 Å². The van der Waals surface area contributed by atoms with Crippen LogP contribution in [-0.2, 0) is 4.79 Å². The van der Waals surface area contributed by atoms with Gasteiger partial charge in [-0.05, 0) is 48.3 Å². The lowest BCUT2D eigenvalue weighted by Crippen LogP contribution is -2.44. The Morgan fingerprint density at radius 1 is 0.833 bits per heavy atom. The summed E-state index contributed by atoms with van der Waals surface area (Å²) in [6.07, 6.45) is 2.90. The first-order chi connectivity index (χ1) is 5.88. The molecule has 0 N–H and O–H groups in total. The molecule has 0 amide bonds. The van der Waals surface area contributed by atoms with E-state index in [1.165, 1.54) is 12.8 Å². The number of rotatable bonds is 0. The van der Waals surface area contributed by atoms with Gasteiger partial charge in [0.15, 0.2) is 0 Å². The predicted octanol–water partition coefficient (Wildman–Crippen LogP) is 1.33. The topological polar surface area (TPSA) is 17.1 Å². The maximum Gasteiger partial charge on any atom is 0.140 e. The average Bonchev–Trinajstić information content (AvgIpc) is 2.47. The van der Waals surface area contributed by atoms with Crippen LogP contribution in [-0.4, -0.2) is 5.78 Å². The minimum absolute atomic E-state index is 0.583. The van der Waals surface area contributed by atoms with E-state index in [2.05, 4.69) is 0 Å². The summed E-state index contributed by atoms with van der Waals surface area (Å²) in [4.78, 5) is 11.9. The lowest BCUT2D eigenvalue weighted by atomic mass is 9.60. The molecule has 0 spiro atoms. The molecule has 0 aromatic carbocycles. The van der Waals surface area contributed by atoms with Crippen LogP contribution in [0.3, 0.4) is 0 Å². The lowest BCUT2D eigenvalue weighted by molar-refractivity contribution is -0.132. The molecule has 12 heavy (non-hydrogen) atoms. The highest BCUT2D eigenvalue weighted by atomic mass is 16.1. The summed E-state index contributed by atoms with van der Waals surface area (Å²) in [5, 5.41) is 0. The fourth-order valence-electron chi connectivity index (χ4n) is 6.10. The van der Waals surface area contributed by atoms with Crippen molar-refractivity contribution in [1.29, 1.82) is 0 Å². The van der Waals surface area contributed by atoms with Gasteiger partial charge in [-0.25, -0.2) is 0 Å². The monoisotopic (exact) mass is 160 g/mol. The van der Waals surface area contributed by atoms with Crippen molar-refractivity contribution < 1.29 is 4.79 Å². The van der Waals surface area contributed by atoms with E-state index in [-0.39, 0.29) is 0 Å². The van der Waals surface area contributed by atoms with Gasteiger partial charge in [0.1, 0.15) is 5.78 Å². The van der Waals surface area contributed by atoms with Gasteiger partial charge in [-0.1, -0.05) is 0 Å². The third kappa shape index (κ3) is 0.272. The molecule has 5 saturated carbocycles. The Morgan fingerprint density at radius 3 is 2.50 bits per heavy atom. The van der Waals surface area contributed by atoms with E-state index >= 15 is 0 Å². The SMILES string of the molecule is O=C1[C@@H]2[C@@H]3C[C@@H]4[C@@H]1[C@H]1[C@@H]2C[C@@H]3[C@@H]41. The van der Waals surface area contributed by atoms with Gasteiger partial charge < -0.3 is 0 Å². The third-order valence-corrected chi connectivity index (χ3v) is 6.02. The van der Waals surface area contributed by atoms with Crippen molar-refractivity contribution in [3.05, 3.63) is 0 Å². The van der Waals surface area contributed by atoms with Crippen molar-refractivity contribution in [1.82, 2.24) is 0 Å². The highest BCUT2D eigenvalue weighted by molar-refractivity contribution is 5.91. The van der Waals surface area contributed by atoms with E-state index in [0.717, 1.165) is 35.5 Å². The van der Waals surface area contributed by atoms with E-state index in [9.17, 15) is 4.79 Å². The molecule has 0 aliphatic heterocycles. The van der Waals surface area contributed by atoms with Gasteiger partial charge >= 0.3 is 0 Å². The van der Waals surface area contributed by atoms with E-state index in [0.29, 0.717) is 17.6 Å². The highest BCUT2D eigenvalue weighted by Crippen LogP contribution is 2.81. The van der Waals surface area contributed by atoms with Gasteiger partial charge in [-0.3, -0.25) is 4.79 Å². The van der Waals surface area contributed by atoms with Gasteiger partial charge in [-0.2, -0.15) is 0 Å². The first kappa shape index (κ1) is 5.41. The van der Waals surface area contributed by atoms with Crippen LogP contribution in [0.15, 0.2) is 0 Å². The number of hydrogen-bond acceptors (Lipinski definition) is 1. The zero-order valence-corrected chi connectivity index (χ0v) is 6.94. The van der Waals surface area contributed by atoms with Gasteiger partial charge in [0.2, 0.25) is 0 Å².